The molecule has 3 aromatic rings. The van der Waals surface area contributed by atoms with E-state index in [1.165, 1.54) is 6.08 Å². The van der Waals surface area contributed by atoms with Gasteiger partial charge < -0.3 is 14.5 Å². The summed E-state index contributed by atoms with van der Waals surface area (Å²) in [4.78, 5) is 24.1. The molecule has 1 amide bonds. The molecule has 0 aliphatic rings. The van der Waals surface area contributed by atoms with Crippen LogP contribution in [0.3, 0.4) is 0 Å². The van der Waals surface area contributed by atoms with Gasteiger partial charge in [-0.3, -0.25) is 4.79 Å². The monoisotopic (exact) mass is 414 g/mol. The molecule has 3 rings (SSSR count). The lowest BCUT2D eigenvalue weighted by atomic mass is 10.1. The van der Waals surface area contributed by atoms with Crippen LogP contribution < -0.4 is 5.32 Å². The van der Waals surface area contributed by atoms with Crippen molar-refractivity contribution in [2.45, 2.75) is 13.3 Å². The second-order valence-corrected chi connectivity index (χ2v) is 6.66. The summed E-state index contributed by atoms with van der Waals surface area (Å²) < 4.78 is 10.7. The van der Waals surface area contributed by atoms with Crippen molar-refractivity contribution < 1.29 is 18.7 Å². The van der Waals surface area contributed by atoms with Crippen LogP contribution in [-0.2, 0) is 16.0 Å². The number of ether oxygens (including phenoxy) is 1. The lowest BCUT2D eigenvalue weighted by Crippen LogP contribution is -2.26. The minimum absolute atomic E-state index is 0.0355. The molecule has 1 aromatic heterocycles. The van der Waals surface area contributed by atoms with Gasteiger partial charge in [0.25, 0.3) is 5.91 Å². The molecule has 0 atom stereocenters. The normalized spacial score (nSPS) is 10.9. The molecule has 31 heavy (non-hydrogen) atoms. The zero-order valence-electron chi connectivity index (χ0n) is 17.1. The second-order valence-electron chi connectivity index (χ2n) is 6.66. The van der Waals surface area contributed by atoms with E-state index >= 15 is 0 Å². The second kappa shape index (κ2) is 10.6. The number of furan rings is 1. The molecule has 1 N–H and O–H groups in total. The van der Waals surface area contributed by atoms with Crippen LogP contribution >= 0.6 is 0 Å². The molecule has 6 nitrogen and oxygen atoms in total. The number of nitrogens with one attached hydrogen (secondary N) is 1. The predicted octanol–water partition coefficient (Wildman–Crippen LogP) is 4.39. The zero-order chi connectivity index (χ0) is 22.1. The molecule has 0 aliphatic carbocycles. The van der Waals surface area contributed by atoms with Crippen molar-refractivity contribution in [3.05, 3.63) is 89.2 Å². The van der Waals surface area contributed by atoms with E-state index in [9.17, 15) is 14.9 Å². The molecule has 0 bridgehead atoms. The fraction of sp³-hybridized carbons (Fsp3) is 0.160. The molecule has 0 saturated heterocycles. The molecular formula is C25H22N2O4. The first-order valence-electron chi connectivity index (χ1n) is 9.92. The minimum Gasteiger partial charge on any atom is -0.462 e. The van der Waals surface area contributed by atoms with E-state index in [1.54, 1.807) is 43.3 Å². The molecule has 0 radical (unpaired) electrons. The molecule has 0 saturated carbocycles. The first kappa shape index (κ1) is 21.6. The highest BCUT2D eigenvalue weighted by Crippen LogP contribution is 2.24. The van der Waals surface area contributed by atoms with E-state index in [2.05, 4.69) is 5.32 Å². The van der Waals surface area contributed by atoms with Crippen molar-refractivity contribution in [3.63, 3.8) is 0 Å². The molecule has 0 fully saturated rings. The predicted molar refractivity (Wildman–Crippen MR) is 117 cm³/mol. The number of hydrogen-bond donors (Lipinski definition) is 1. The third kappa shape index (κ3) is 5.94. The van der Waals surface area contributed by atoms with Crippen LogP contribution in [0, 0.1) is 11.3 Å². The largest absolute Gasteiger partial charge is 0.462 e. The Bertz CT molecular complexity index is 1110. The zero-order valence-corrected chi connectivity index (χ0v) is 17.1. The standard InChI is InChI=1S/C25H22N2O4/c1-2-30-25(29)20-10-8-19(9-11-20)23-13-12-22(31-23)16-21(17-26)24(28)27-15-14-18-6-4-3-5-7-18/h3-13,16H,2,14-15H2,1H3,(H,27,28). The summed E-state index contributed by atoms with van der Waals surface area (Å²) in [6.45, 7) is 2.50. The van der Waals surface area contributed by atoms with E-state index in [1.807, 2.05) is 36.4 Å². The van der Waals surface area contributed by atoms with Crippen LogP contribution in [0.5, 0.6) is 0 Å². The van der Waals surface area contributed by atoms with Crippen molar-refractivity contribution in [1.82, 2.24) is 5.32 Å². The third-order valence-corrected chi connectivity index (χ3v) is 4.50. The highest BCUT2D eigenvalue weighted by molar-refractivity contribution is 6.01. The Morgan fingerprint density at radius 2 is 1.81 bits per heavy atom. The maximum atomic E-state index is 12.3. The van der Waals surface area contributed by atoms with Gasteiger partial charge >= 0.3 is 5.97 Å². The number of benzene rings is 2. The lowest BCUT2D eigenvalue weighted by molar-refractivity contribution is -0.117. The number of nitriles is 1. The Hall–Kier alpha value is -4.11. The van der Waals surface area contributed by atoms with Crippen LogP contribution in [0.4, 0.5) is 0 Å². The van der Waals surface area contributed by atoms with Crippen LogP contribution in [0.2, 0.25) is 0 Å². The summed E-state index contributed by atoms with van der Waals surface area (Å²) in [6.07, 6.45) is 2.09. The fourth-order valence-corrected chi connectivity index (χ4v) is 2.92. The molecule has 2 aromatic carbocycles. The number of carbonyl (C=O) groups is 2. The number of amides is 1. The number of hydrogen-bond acceptors (Lipinski definition) is 5. The van der Waals surface area contributed by atoms with Gasteiger partial charge in [-0.15, -0.1) is 0 Å². The van der Waals surface area contributed by atoms with Gasteiger partial charge in [-0.2, -0.15) is 5.26 Å². The smallest absolute Gasteiger partial charge is 0.338 e. The summed E-state index contributed by atoms with van der Waals surface area (Å²) in [7, 11) is 0. The SMILES string of the molecule is CCOC(=O)c1ccc(-c2ccc(C=C(C#N)C(=O)NCCc3ccccc3)o2)cc1. The minimum atomic E-state index is -0.449. The van der Waals surface area contributed by atoms with E-state index in [-0.39, 0.29) is 11.5 Å². The van der Waals surface area contributed by atoms with Gasteiger partial charge in [-0.05, 0) is 43.2 Å². The average molecular weight is 414 g/mol. The fourth-order valence-electron chi connectivity index (χ4n) is 2.92. The van der Waals surface area contributed by atoms with E-state index < -0.39 is 5.91 Å². The number of esters is 1. The van der Waals surface area contributed by atoms with Gasteiger partial charge in [0.2, 0.25) is 0 Å². The summed E-state index contributed by atoms with van der Waals surface area (Å²) >= 11 is 0. The van der Waals surface area contributed by atoms with Crippen LogP contribution in [0.25, 0.3) is 17.4 Å². The molecular weight excluding hydrogens is 392 g/mol. The Balaban J connectivity index is 1.64. The first-order chi connectivity index (χ1) is 15.1. The van der Waals surface area contributed by atoms with Crippen molar-refractivity contribution in [2.75, 3.05) is 13.2 Å². The van der Waals surface area contributed by atoms with Gasteiger partial charge in [-0.25, -0.2) is 4.79 Å². The van der Waals surface area contributed by atoms with Gasteiger partial charge in [0.1, 0.15) is 23.2 Å². The van der Waals surface area contributed by atoms with Crippen molar-refractivity contribution in [1.29, 1.82) is 5.26 Å². The topological polar surface area (TPSA) is 92.3 Å². The Morgan fingerprint density at radius 3 is 2.48 bits per heavy atom. The average Bonchev–Trinajstić information content (AvgIpc) is 3.27. The molecule has 1 heterocycles. The van der Waals surface area contributed by atoms with E-state index in [0.717, 1.165) is 11.1 Å². The summed E-state index contributed by atoms with van der Waals surface area (Å²) in [5.74, 6) is 0.117. The van der Waals surface area contributed by atoms with Gasteiger partial charge in [0.15, 0.2) is 0 Å². The van der Waals surface area contributed by atoms with Crippen molar-refractivity contribution >= 4 is 18.0 Å². The van der Waals surface area contributed by atoms with Gasteiger partial charge in [0.05, 0.1) is 12.2 Å². The molecule has 6 heteroatoms. The van der Waals surface area contributed by atoms with Gasteiger partial charge in [0, 0.05) is 18.2 Å². The lowest BCUT2D eigenvalue weighted by Gasteiger charge is -2.04. The Labute approximate surface area is 180 Å². The molecule has 0 unspecified atom stereocenters. The summed E-state index contributed by atoms with van der Waals surface area (Å²) in [6, 6.07) is 21.9. The maximum Gasteiger partial charge on any atom is 0.338 e. The van der Waals surface area contributed by atoms with E-state index in [4.69, 9.17) is 9.15 Å². The molecule has 0 spiro atoms. The summed E-state index contributed by atoms with van der Waals surface area (Å²) in [5.41, 5.74) is 2.29. The highest BCUT2D eigenvalue weighted by Gasteiger charge is 2.12. The van der Waals surface area contributed by atoms with E-state index in [0.29, 0.717) is 36.7 Å². The Morgan fingerprint density at radius 1 is 1.06 bits per heavy atom. The number of nitrogens with zero attached hydrogens (tertiary/aromatic N) is 1. The van der Waals surface area contributed by atoms with Crippen molar-refractivity contribution in [2.24, 2.45) is 0 Å². The van der Waals surface area contributed by atoms with Gasteiger partial charge in [-0.1, -0.05) is 42.5 Å². The molecule has 156 valence electrons. The highest BCUT2D eigenvalue weighted by atomic mass is 16.5. The summed E-state index contributed by atoms with van der Waals surface area (Å²) in [5, 5.41) is 12.1. The Kier molecular flexibility index (Phi) is 7.39. The molecule has 0 aliphatic heterocycles. The number of rotatable bonds is 8. The maximum absolute atomic E-state index is 12.3. The van der Waals surface area contributed by atoms with Crippen LogP contribution in [0.1, 0.15) is 28.6 Å². The van der Waals surface area contributed by atoms with Crippen molar-refractivity contribution in [3.8, 4) is 17.4 Å². The third-order valence-electron chi connectivity index (χ3n) is 4.50. The number of carbonyl (C=O) groups excluding carboxylic acids is 2. The van der Waals surface area contributed by atoms with Crippen LogP contribution in [0.15, 0.2) is 76.7 Å². The first-order valence-corrected chi connectivity index (χ1v) is 9.92. The quantitative estimate of drug-likeness (QED) is 0.335. The van der Waals surface area contributed by atoms with Crippen LogP contribution in [-0.4, -0.2) is 25.0 Å².